The van der Waals surface area contributed by atoms with E-state index in [1.165, 1.54) is 23.4 Å². The molecule has 0 spiro atoms. The summed E-state index contributed by atoms with van der Waals surface area (Å²) in [6, 6.07) is 0. The molecular weight excluding hydrogens is 1210 g/mol. The lowest BCUT2D eigenvalue weighted by atomic mass is 9.88. The van der Waals surface area contributed by atoms with Crippen LogP contribution in [0.25, 0.3) is 0 Å². The van der Waals surface area contributed by atoms with Crippen LogP contribution >= 0.6 is 0 Å². The second kappa shape index (κ2) is 32.9. The smallest absolute Gasteiger partial charge is 0.159 e. The van der Waals surface area contributed by atoms with E-state index in [0.29, 0.717) is 40.7 Å². The van der Waals surface area contributed by atoms with Crippen LogP contribution in [0.3, 0.4) is 0 Å². The minimum atomic E-state index is -1.16. The number of hydrogen-bond acceptors (Lipinski definition) is 24. The zero-order chi connectivity index (χ0) is 69.3. The van der Waals surface area contributed by atoms with Gasteiger partial charge in [0.05, 0.1) is 147 Å². The molecule has 6 heterocycles. The topological polar surface area (TPSA) is 334 Å². The minimum absolute atomic E-state index is 0.00801. The van der Waals surface area contributed by atoms with Crippen molar-refractivity contribution in [1.29, 1.82) is 0 Å². The van der Waals surface area contributed by atoms with E-state index in [1.807, 2.05) is 96.9 Å². The van der Waals surface area contributed by atoms with E-state index >= 15 is 0 Å². The lowest BCUT2D eigenvalue weighted by Crippen LogP contribution is -2.45. The van der Waals surface area contributed by atoms with Gasteiger partial charge in [-0.15, -0.1) is 30.6 Å². The molecule has 0 amide bonds. The molecular formula is C64H100N18O12. The Hall–Kier alpha value is -7.35. The van der Waals surface area contributed by atoms with Crippen LogP contribution in [0.15, 0.2) is 49.3 Å². The first-order chi connectivity index (χ1) is 43.9. The van der Waals surface area contributed by atoms with Gasteiger partial charge in [-0.2, -0.15) is 0 Å². The van der Waals surface area contributed by atoms with E-state index in [1.54, 1.807) is 41.9 Å². The molecule has 0 radical (unpaired) electrons. The van der Waals surface area contributed by atoms with E-state index in [-0.39, 0.29) is 165 Å². The Morgan fingerprint density at radius 1 is 0.330 bits per heavy atom. The number of nitrogens with zero attached hydrogens (tertiary/aromatic N) is 18. The van der Waals surface area contributed by atoms with Gasteiger partial charge in [-0.25, -0.2) is 28.1 Å². The fourth-order valence-corrected chi connectivity index (χ4v) is 8.42. The van der Waals surface area contributed by atoms with Crippen LogP contribution in [0.2, 0.25) is 0 Å². The number of allylic oxidation sites excluding steroid dienone is 1. The van der Waals surface area contributed by atoms with E-state index in [0.717, 1.165) is 5.57 Å². The van der Waals surface area contributed by atoms with Crippen LogP contribution in [-0.2, 0) is 136 Å². The fraction of sp³-hybridized carbons (Fsp3) is 0.703. The quantitative estimate of drug-likeness (QED) is 0.0390. The van der Waals surface area contributed by atoms with Crippen molar-refractivity contribution in [3.63, 3.8) is 0 Å². The molecule has 0 N–H and O–H groups in total. The third-order valence-corrected chi connectivity index (χ3v) is 15.2. The molecule has 0 aliphatic carbocycles. The summed E-state index contributed by atoms with van der Waals surface area (Å²) in [5, 5.41) is 51.4. The van der Waals surface area contributed by atoms with E-state index in [9.17, 15) is 24.0 Å². The predicted molar refractivity (Wildman–Crippen MR) is 340 cm³/mol. The van der Waals surface area contributed by atoms with Gasteiger partial charge < -0.3 is 33.2 Å². The van der Waals surface area contributed by atoms with Gasteiger partial charge in [0.25, 0.3) is 0 Å². The maximum absolute atomic E-state index is 13.0. The Balaban J connectivity index is 1.36. The van der Waals surface area contributed by atoms with Gasteiger partial charge in [-0.3, -0.25) is 24.0 Å². The highest BCUT2D eigenvalue weighted by Gasteiger charge is 2.38. The van der Waals surface area contributed by atoms with Gasteiger partial charge in [0.15, 0.2) is 28.9 Å². The first-order valence-electron chi connectivity index (χ1n) is 31.6. The number of aromatic nitrogens is 18. The summed E-state index contributed by atoms with van der Waals surface area (Å²) in [5.74, 6) is -0.317. The molecule has 30 nitrogen and oxygen atoms in total. The van der Waals surface area contributed by atoms with Gasteiger partial charge in [-0.1, -0.05) is 161 Å². The number of carbonyl (C=O) groups excluding carboxylic acids is 5. The second-order valence-electron chi connectivity index (χ2n) is 30.1. The molecule has 6 rings (SSSR count). The summed E-state index contributed by atoms with van der Waals surface area (Å²) in [4.78, 5) is 64.7. The summed E-state index contributed by atoms with van der Waals surface area (Å²) in [5.41, 5.74) is -1.03. The first-order valence-corrected chi connectivity index (χ1v) is 31.6. The number of Topliss-reactive ketones (excluding diaryl/α,β-unsaturated/α-hetero) is 5. The molecule has 0 aromatic carbocycles. The van der Waals surface area contributed by atoms with Crippen molar-refractivity contribution in [3.05, 3.63) is 83.5 Å². The van der Waals surface area contributed by atoms with Gasteiger partial charge in [0, 0.05) is 27.6 Å². The van der Waals surface area contributed by atoms with Crippen LogP contribution in [0.4, 0.5) is 0 Å². The third kappa shape index (κ3) is 24.8. The normalized spacial score (nSPS) is 13.5. The highest BCUT2D eigenvalue weighted by atomic mass is 16.5. The Morgan fingerprint density at radius 3 is 0.734 bits per heavy atom. The minimum Gasteiger partial charge on any atom is -0.380 e. The number of hydrogen-bond donors (Lipinski definition) is 0. The fourth-order valence-electron chi connectivity index (χ4n) is 8.42. The van der Waals surface area contributed by atoms with Crippen LogP contribution in [0, 0.1) is 43.8 Å². The highest BCUT2D eigenvalue weighted by Crippen LogP contribution is 2.29. The van der Waals surface area contributed by atoms with Gasteiger partial charge in [-0.05, 0) is 5.41 Å². The van der Waals surface area contributed by atoms with E-state index in [4.69, 9.17) is 33.2 Å². The molecule has 0 bridgehead atoms. The van der Waals surface area contributed by atoms with Crippen molar-refractivity contribution in [2.75, 3.05) is 52.9 Å². The largest absolute Gasteiger partial charge is 0.380 e. The van der Waals surface area contributed by atoms with Crippen molar-refractivity contribution in [2.24, 2.45) is 43.8 Å². The van der Waals surface area contributed by atoms with Crippen LogP contribution in [0.5, 0.6) is 0 Å². The summed E-state index contributed by atoms with van der Waals surface area (Å²) in [6.07, 6.45) is 10.1. The summed E-state index contributed by atoms with van der Waals surface area (Å²) < 4.78 is 55.4. The van der Waals surface area contributed by atoms with Gasteiger partial charge in [0.2, 0.25) is 0 Å². The van der Waals surface area contributed by atoms with Crippen molar-refractivity contribution < 1.29 is 57.1 Å². The third-order valence-electron chi connectivity index (χ3n) is 15.2. The second-order valence-corrected chi connectivity index (χ2v) is 30.1. The van der Waals surface area contributed by atoms with E-state index < -0.39 is 32.5 Å². The molecule has 1 atom stereocenters. The Kier molecular flexibility index (Phi) is 26.5. The molecule has 0 aliphatic heterocycles. The lowest BCUT2D eigenvalue weighted by molar-refractivity contribution is -0.150. The molecule has 6 aromatic heterocycles. The Morgan fingerprint density at radius 2 is 0.532 bits per heavy atom. The van der Waals surface area contributed by atoms with Gasteiger partial charge in [0.1, 0.15) is 66.9 Å². The van der Waals surface area contributed by atoms with Crippen molar-refractivity contribution in [3.8, 4) is 0 Å². The number of ketones is 5. The molecule has 1 unspecified atom stereocenters. The molecule has 30 heteroatoms. The lowest BCUT2D eigenvalue weighted by Gasteiger charge is -2.36. The van der Waals surface area contributed by atoms with Crippen LogP contribution in [0.1, 0.15) is 152 Å². The average molecular weight is 1310 g/mol. The maximum atomic E-state index is 13.0. The summed E-state index contributed by atoms with van der Waals surface area (Å²) in [6.45, 7) is 36.3. The molecule has 0 fully saturated rings. The SMILES string of the molecule is C=C(Cn1cc(COCC(COCc2cn(CC(=O)C(C)C)nn2)(COCc2cn(CC(=O)C(C)(C)C)nn2)COCC(COCc2cn(CC(=O)C(C)(C)C)nn2)(COCc2cn(CC(=O)C(C)(C)C)nn2)COCc2cn(CC(=O)C(C)(C)C)nn2)nn1)C(C)(C)C. The van der Waals surface area contributed by atoms with Crippen LogP contribution in [-0.4, -0.2) is 172 Å². The van der Waals surface area contributed by atoms with Gasteiger partial charge >= 0.3 is 0 Å². The Labute approximate surface area is 550 Å². The first kappa shape index (κ1) is 75.7. The standard InChI is InChI=1S/C64H100N18O12/c1-45(2)53(83)26-78-21-48(66-72-78)32-89-38-63(37-88-31-47-20-77(71-65-47)19-46(3)58(4,5)6,39-90-33-49-22-79(73-67-49)27-54(84)59(7,8)9)43-94-44-64(40-91-34-50-23-80(74-68-50)28-55(85)60(10,11)12,41-92-35-51-24-81(75-69-51)29-56(86)61(13,14)15)42-93-36-52-25-82(76-70-52)30-57(87)62(16,17)18/h20-25,45H,3,19,26-44H2,1-2,4-18H3. The molecule has 0 saturated heterocycles. The maximum Gasteiger partial charge on any atom is 0.159 e. The number of ether oxygens (including phenoxy) is 7. The van der Waals surface area contributed by atoms with Crippen molar-refractivity contribution in [2.45, 2.75) is 197 Å². The van der Waals surface area contributed by atoms with Crippen LogP contribution < -0.4 is 0 Å². The molecule has 6 aromatic rings. The summed E-state index contributed by atoms with van der Waals surface area (Å²) in [7, 11) is 0. The molecule has 518 valence electrons. The highest BCUT2D eigenvalue weighted by molar-refractivity contribution is 5.84. The van der Waals surface area contributed by atoms with Crippen molar-refractivity contribution >= 4 is 28.9 Å². The molecule has 0 aliphatic rings. The number of rotatable bonds is 41. The summed E-state index contributed by atoms with van der Waals surface area (Å²) >= 11 is 0. The Bertz CT molecular complexity index is 3180. The monoisotopic (exact) mass is 1310 g/mol. The number of carbonyl (C=O) groups is 5. The molecule has 0 saturated carbocycles. The zero-order valence-electron chi connectivity index (χ0n) is 58.3. The molecule has 94 heavy (non-hydrogen) atoms. The van der Waals surface area contributed by atoms with Crippen molar-refractivity contribution in [1.82, 2.24) is 90.0 Å². The zero-order valence-corrected chi connectivity index (χ0v) is 58.3. The predicted octanol–water partition coefficient (Wildman–Crippen LogP) is 6.11. The average Bonchev–Trinajstić information content (AvgIpc) is 1.22. The van der Waals surface area contributed by atoms with E-state index in [2.05, 4.69) is 89.2 Å².